The molecule has 0 aliphatic heterocycles. The van der Waals surface area contributed by atoms with Gasteiger partial charge in [0, 0.05) is 6.04 Å². The average molecular weight is 294 g/mol. The van der Waals surface area contributed by atoms with Crippen molar-refractivity contribution in [1.29, 1.82) is 0 Å². The van der Waals surface area contributed by atoms with Crippen molar-refractivity contribution in [1.82, 2.24) is 29.7 Å². The Labute approximate surface area is 121 Å². The number of hydrogen-bond acceptors (Lipinski definition) is 6. The molecular formula is C12H16ClN7. The van der Waals surface area contributed by atoms with Gasteiger partial charge in [0.2, 0.25) is 11.2 Å². The molecule has 0 spiro atoms. The Morgan fingerprint density at radius 1 is 1.10 bits per heavy atom. The fourth-order valence-electron chi connectivity index (χ4n) is 2.42. The molecule has 0 unspecified atom stereocenters. The van der Waals surface area contributed by atoms with Gasteiger partial charge in [-0.1, -0.05) is 25.7 Å². The first kappa shape index (κ1) is 13.2. The predicted octanol–water partition coefficient (Wildman–Crippen LogP) is 2.24. The normalized spacial score (nSPS) is 16.9. The third kappa shape index (κ3) is 3.22. The molecule has 0 aromatic carbocycles. The van der Waals surface area contributed by atoms with Crippen LogP contribution in [0.15, 0.2) is 12.7 Å². The van der Waals surface area contributed by atoms with Gasteiger partial charge >= 0.3 is 0 Å². The zero-order valence-electron chi connectivity index (χ0n) is 11.0. The van der Waals surface area contributed by atoms with E-state index in [1.54, 1.807) is 0 Å². The summed E-state index contributed by atoms with van der Waals surface area (Å²) in [6, 6.07) is 0.402. The molecule has 0 atom stereocenters. The summed E-state index contributed by atoms with van der Waals surface area (Å²) in [6.07, 6.45) is 10.3. The lowest BCUT2D eigenvalue weighted by molar-refractivity contribution is 0.613. The average Bonchev–Trinajstić information content (AvgIpc) is 2.85. The Balaban J connectivity index is 1.79. The number of nitrogens with one attached hydrogen (secondary N) is 1. The standard InChI is InChI=1S/C12H16ClN7/c13-10-17-11(16-9-5-3-1-2-4-6-9)19-12(18-10)20-8-14-7-15-20/h7-9H,1-6H2,(H,16,17,18,19). The summed E-state index contributed by atoms with van der Waals surface area (Å²) in [4.78, 5) is 16.4. The number of halogens is 1. The predicted molar refractivity (Wildman–Crippen MR) is 74.9 cm³/mol. The molecule has 1 aliphatic carbocycles. The van der Waals surface area contributed by atoms with E-state index in [0.717, 1.165) is 12.8 Å². The van der Waals surface area contributed by atoms with Crippen LogP contribution in [0.25, 0.3) is 5.95 Å². The molecule has 0 saturated heterocycles. The molecule has 1 fully saturated rings. The fourth-order valence-corrected chi connectivity index (χ4v) is 2.58. The highest BCUT2D eigenvalue weighted by Crippen LogP contribution is 2.20. The van der Waals surface area contributed by atoms with E-state index in [0.29, 0.717) is 17.9 Å². The maximum absolute atomic E-state index is 5.95. The van der Waals surface area contributed by atoms with Crippen LogP contribution in [0.2, 0.25) is 5.28 Å². The lowest BCUT2D eigenvalue weighted by Crippen LogP contribution is -2.21. The first-order valence-corrected chi connectivity index (χ1v) is 7.22. The molecule has 20 heavy (non-hydrogen) atoms. The summed E-state index contributed by atoms with van der Waals surface area (Å²) in [7, 11) is 0. The van der Waals surface area contributed by atoms with E-state index in [4.69, 9.17) is 11.6 Å². The zero-order valence-corrected chi connectivity index (χ0v) is 11.8. The summed E-state index contributed by atoms with van der Waals surface area (Å²) >= 11 is 5.95. The van der Waals surface area contributed by atoms with Gasteiger partial charge in [0.05, 0.1) is 0 Å². The van der Waals surface area contributed by atoms with E-state index in [1.165, 1.54) is 43.0 Å². The van der Waals surface area contributed by atoms with Gasteiger partial charge in [-0.25, -0.2) is 4.98 Å². The van der Waals surface area contributed by atoms with Crippen LogP contribution in [0.3, 0.4) is 0 Å². The topological polar surface area (TPSA) is 81.4 Å². The van der Waals surface area contributed by atoms with Gasteiger partial charge in [-0.15, -0.1) is 0 Å². The Morgan fingerprint density at radius 3 is 2.60 bits per heavy atom. The Kier molecular flexibility index (Phi) is 4.05. The molecule has 1 saturated carbocycles. The number of hydrogen-bond donors (Lipinski definition) is 1. The summed E-state index contributed by atoms with van der Waals surface area (Å²) in [5.41, 5.74) is 0. The third-order valence-electron chi connectivity index (χ3n) is 3.41. The second kappa shape index (κ2) is 6.13. The minimum absolute atomic E-state index is 0.154. The molecule has 2 aromatic rings. The molecule has 1 N–H and O–H groups in total. The van der Waals surface area contributed by atoms with Gasteiger partial charge in [0.15, 0.2) is 0 Å². The number of aromatic nitrogens is 6. The van der Waals surface area contributed by atoms with Crippen molar-refractivity contribution in [3.63, 3.8) is 0 Å². The number of nitrogens with zero attached hydrogens (tertiary/aromatic N) is 6. The van der Waals surface area contributed by atoms with Crippen molar-refractivity contribution in [2.24, 2.45) is 0 Å². The SMILES string of the molecule is Clc1nc(NC2CCCCCC2)nc(-n2cncn2)n1. The van der Waals surface area contributed by atoms with E-state index in [1.807, 2.05) is 0 Å². The van der Waals surface area contributed by atoms with Gasteiger partial charge in [-0.3, -0.25) is 0 Å². The van der Waals surface area contributed by atoms with Gasteiger partial charge < -0.3 is 5.32 Å². The molecule has 0 amide bonds. The van der Waals surface area contributed by atoms with E-state index < -0.39 is 0 Å². The molecular weight excluding hydrogens is 278 g/mol. The second-order valence-corrected chi connectivity index (χ2v) is 5.24. The Morgan fingerprint density at radius 2 is 1.90 bits per heavy atom. The van der Waals surface area contributed by atoms with Crippen molar-refractivity contribution < 1.29 is 0 Å². The highest BCUT2D eigenvalue weighted by Gasteiger charge is 2.15. The van der Waals surface area contributed by atoms with Crippen LogP contribution in [0.4, 0.5) is 5.95 Å². The van der Waals surface area contributed by atoms with E-state index in [9.17, 15) is 0 Å². The molecule has 1 aliphatic rings. The summed E-state index contributed by atoms with van der Waals surface area (Å²) < 4.78 is 1.46. The van der Waals surface area contributed by atoms with E-state index >= 15 is 0 Å². The lowest BCUT2D eigenvalue weighted by atomic mass is 10.1. The van der Waals surface area contributed by atoms with Crippen LogP contribution >= 0.6 is 11.6 Å². The monoisotopic (exact) mass is 293 g/mol. The first-order chi connectivity index (χ1) is 9.81. The van der Waals surface area contributed by atoms with Crippen LogP contribution in [-0.4, -0.2) is 35.8 Å². The zero-order chi connectivity index (χ0) is 13.8. The third-order valence-corrected chi connectivity index (χ3v) is 3.58. The van der Waals surface area contributed by atoms with Crippen LogP contribution in [0.1, 0.15) is 38.5 Å². The van der Waals surface area contributed by atoms with E-state index in [-0.39, 0.29) is 5.28 Å². The van der Waals surface area contributed by atoms with Gasteiger partial charge in [-0.2, -0.15) is 24.7 Å². The molecule has 7 nitrogen and oxygen atoms in total. The van der Waals surface area contributed by atoms with Gasteiger partial charge in [-0.05, 0) is 24.4 Å². The minimum Gasteiger partial charge on any atom is -0.351 e. The van der Waals surface area contributed by atoms with E-state index in [2.05, 4.69) is 30.4 Å². The molecule has 2 heterocycles. The van der Waals surface area contributed by atoms with Gasteiger partial charge in [0.25, 0.3) is 5.95 Å². The molecule has 2 aromatic heterocycles. The highest BCUT2D eigenvalue weighted by atomic mass is 35.5. The molecule has 106 valence electrons. The molecule has 0 radical (unpaired) electrons. The van der Waals surface area contributed by atoms with Crippen molar-refractivity contribution >= 4 is 17.5 Å². The van der Waals surface area contributed by atoms with Crippen LogP contribution in [0.5, 0.6) is 0 Å². The second-order valence-electron chi connectivity index (χ2n) is 4.90. The van der Waals surface area contributed by atoms with Crippen LogP contribution in [0, 0.1) is 0 Å². The lowest BCUT2D eigenvalue weighted by Gasteiger charge is -2.16. The molecule has 0 bridgehead atoms. The quantitative estimate of drug-likeness (QED) is 0.874. The molecule has 8 heteroatoms. The smallest absolute Gasteiger partial charge is 0.258 e. The van der Waals surface area contributed by atoms with Crippen LogP contribution < -0.4 is 5.32 Å². The molecule has 3 rings (SSSR count). The Hall–Kier alpha value is -1.76. The maximum Gasteiger partial charge on any atom is 0.258 e. The van der Waals surface area contributed by atoms with Crippen molar-refractivity contribution in [3.8, 4) is 5.95 Å². The number of rotatable bonds is 3. The maximum atomic E-state index is 5.95. The van der Waals surface area contributed by atoms with Crippen molar-refractivity contribution in [2.75, 3.05) is 5.32 Å². The van der Waals surface area contributed by atoms with Crippen LogP contribution in [-0.2, 0) is 0 Å². The highest BCUT2D eigenvalue weighted by molar-refractivity contribution is 6.28. The minimum atomic E-state index is 0.154. The summed E-state index contributed by atoms with van der Waals surface area (Å²) in [6.45, 7) is 0. The largest absolute Gasteiger partial charge is 0.351 e. The Bertz CT molecular complexity index is 549. The summed E-state index contributed by atoms with van der Waals surface area (Å²) in [5, 5.41) is 7.51. The van der Waals surface area contributed by atoms with Crippen molar-refractivity contribution in [2.45, 2.75) is 44.6 Å². The summed E-state index contributed by atoms with van der Waals surface area (Å²) in [5.74, 6) is 0.876. The number of anilines is 1. The fraction of sp³-hybridized carbons (Fsp3) is 0.583. The van der Waals surface area contributed by atoms with Crippen molar-refractivity contribution in [3.05, 3.63) is 17.9 Å². The first-order valence-electron chi connectivity index (χ1n) is 6.84. The van der Waals surface area contributed by atoms with Gasteiger partial charge in [0.1, 0.15) is 12.7 Å².